The Balaban J connectivity index is 1.83. The van der Waals surface area contributed by atoms with Crippen molar-refractivity contribution in [3.8, 4) is 0 Å². The molecule has 2 aliphatic rings. The number of carbonyl (C=O) groups excluding carboxylic acids is 1. The van der Waals surface area contributed by atoms with Gasteiger partial charge in [-0.05, 0) is 33.6 Å². The molecule has 7 heteroatoms. The van der Waals surface area contributed by atoms with Crippen LogP contribution in [0.3, 0.4) is 0 Å². The average Bonchev–Trinajstić information content (AvgIpc) is 3.19. The third-order valence-corrected chi connectivity index (χ3v) is 5.28. The summed E-state index contributed by atoms with van der Waals surface area (Å²) in [5.41, 5.74) is 1.60. The molecule has 2 aromatic rings. The molecule has 0 radical (unpaired) electrons. The van der Waals surface area contributed by atoms with E-state index in [1.807, 2.05) is 31.7 Å². The molecular formula is C17H21ClN4O2. The summed E-state index contributed by atoms with van der Waals surface area (Å²) in [5.74, 6) is 0. The van der Waals surface area contributed by atoms with Crippen LogP contribution in [-0.2, 0) is 16.8 Å². The van der Waals surface area contributed by atoms with Gasteiger partial charge in [-0.3, -0.25) is 4.90 Å². The number of ether oxygens (including phenoxy) is 1. The van der Waals surface area contributed by atoms with Gasteiger partial charge < -0.3 is 4.74 Å². The number of halogens is 1. The SMILES string of the molecule is CC(C)(C)OC(=O)N1Cc2c(nc3ccnn3c2Cl)C12CCCC2. The third-order valence-electron chi connectivity index (χ3n) is 4.89. The van der Waals surface area contributed by atoms with Gasteiger partial charge in [-0.15, -0.1) is 0 Å². The Bertz CT molecular complexity index is 818. The van der Waals surface area contributed by atoms with E-state index >= 15 is 0 Å². The summed E-state index contributed by atoms with van der Waals surface area (Å²) in [6.07, 6.45) is 5.33. The minimum absolute atomic E-state index is 0.295. The van der Waals surface area contributed by atoms with E-state index < -0.39 is 11.1 Å². The van der Waals surface area contributed by atoms with Gasteiger partial charge in [0.15, 0.2) is 5.65 Å². The number of fused-ring (bicyclic) bond motifs is 3. The first-order valence-corrected chi connectivity index (χ1v) is 8.73. The summed E-state index contributed by atoms with van der Waals surface area (Å²) in [4.78, 5) is 19.5. The van der Waals surface area contributed by atoms with Gasteiger partial charge in [0, 0.05) is 11.6 Å². The zero-order valence-electron chi connectivity index (χ0n) is 14.2. The van der Waals surface area contributed by atoms with Crippen LogP contribution in [0.25, 0.3) is 5.65 Å². The first-order chi connectivity index (χ1) is 11.3. The Labute approximate surface area is 145 Å². The van der Waals surface area contributed by atoms with Crippen LogP contribution < -0.4 is 0 Å². The normalized spacial score (nSPS) is 19.2. The van der Waals surface area contributed by atoms with Crippen LogP contribution in [0.1, 0.15) is 57.7 Å². The molecule has 128 valence electrons. The number of nitrogens with zero attached hydrogens (tertiary/aromatic N) is 4. The number of amides is 1. The molecule has 0 N–H and O–H groups in total. The molecule has 2 aromatic heterocycles. The molecule has 0 aromatic carbocycles. The topological polar surface area (TPSA) is 59.7 Å². The van der Waals surface area contributed by atoms with Crippen molar-refractivity contribution in [1.29, 1.82) is 0 Å². The molecule has 0 unspecified atom stereocenters. The Morgan fingerprint density at radius 2 is 2.04 bits per heavy atom. The standard InChI is InChI=1S/C17H21ClN4O2/c1-16(2,3)24-15(23)21-10-11-13(17(21)7-4-5-8-17)20-12-6-9-19-22(12)14(11)18/h6,9H,4-5,7-8,10H2,1-3H3. The maximum absolute atomic E-state index is 12.8. The van der Waals surface area contributed by atoms with E-state index in [2.05, 4.69) is 5.10 Å². The molecule has 1 aliphatic heterocycles. The Morgan fingerprint density at radius 1 is 1.33 bits per heavy atom. The highest BCUT2D eigenvalue weighted by atomic mass is 35.5. The minimum Gasteiger partial charge on any atom is -0.444 e. The lowest BCUT2D eigenvalue weighted by atomic mass is 9.93. The molecule has 1 aliphatic carbocycles. The van der Waals surface area contributed by atoms with Gasteiger partial charge in [-0.2, -0.15) is 5.10 Å². The third kappa shape index (κ3) is 2.19. The van der Waals surface area contributed by atoms with E-state index in [0.717, 1.165) is 42.6 Å². The van der Waals surface area contributed by atoms with Gasteiger partial charge in [-0.1, -0.05) is 24.4 Å². The number of hydrogen-bond donors (Lipinski definition) is 0. The van der Waals surface area contributed by atoms with Crippen molar-refractivity contribution in [2.75, 3.05) is 0 Å². The van der Waals surface area contributed by atoms with Crippen LogP contribution in [-0.4, -0.2) is 31.2 Å². The fourth-order valence-corrected chi connectivity index (χ4v) is 4.20. The molecule has 6 nitrogen and oxygen atoms in total. The highest BCUT2D eigenvalue weighted by Gasteiger charge is 2.52. The van der Waals surface area contributed by atoms with Crippen molar-refractivity contribution >= 4 is 23.3 Å². The maximum Gasteiger partial charge on any atom is 0.411 e. The average molecular weight is 349 g/mol. The highest BCUT2D eigenvalue weighted by molar-refractivity contribution is 6.30. The summed E-state index contributed by atoms with van der Waals surface area (Å²) in [6.45, 7) is 6.07. The number of hydrogen-bond acceptors (Lipinski definition) is 4. The lowest BCUT2D eigenvalue weighted by molar-refractivity contribution is -0.00119. The monoisotopic (exact) mass is 348 g/mol. The van der Waals surface area contributed by atoms with Crippen molar-refractivity contribution in [2.45, 2.75) is 64.1 Å². The lowest BCUT2D eigenvalue weighted by Gasteiger charge is -2.36. The van der Waals surface area contributed by atoms with Crippen LogP contribution in [0.2, 0.25) is 5.15 Å². The van der Waals surface area contributed by atoms with Gasteiger partial charge in [0.1, 0.15) is 10.8 Å². The van der Waals surface area contributed by atoms with E-state index in [9.17, 15) is 4.79 Å². The predicted molar refractivity (Wildman–Crippen MR) is 89.9 cm³/mol. The van der Waals surface area contributed by atoms with Crippen molar-refractivity contribution < 1.29 is 9.53 Å². The number of rotatable bonds is 0. The molecule has 0 atom stereocenters. The summed E-state index contributed by atoms with van der Waals surface area (Å²) < 4.78 is 7.28. The van der Waals surface area contributed by atoms with Crippen LogP contribution in [0.5, 0.6) is 0 Å². The summed E-state index contributed by atoms with van der Waals surface area (Å²) >= 11 is 6.57. The van der Waals surface area contributed by atoms with Crippen molar-refractivity contribution in [1.82, 2.24) is 19.5 Å². The van der Waals surface area contributed by atoms with E-state index in [-0.39, 0.29) is 6.09 Å². The number of aromatic nitrogens is 3. The molecule has 1 fully saturated rings. The second-order valence-corrected chi connectivity index (χ2v) is 7.99. The van der Waals surface area contributed by atoms with Crippen molar-refractivity contribution in [3.63, 3.8) is 0 Å². The van der Waals surface area contributed by atoms with E-state index in [0.29, 0.717) is 11.7 Å². The maximum atomic E-state index is 12.8. The number of carbonyl (C=O) groups is 1. The largest absolute Gasteiger partial charge is 0.444 e. The Hall–Kier alpha value is -1.82. The zero-order valence-corrected chi connectivity index (χ0v) is 14.9. The lowest BCUT2D eigenvalue weighted by Crippen LogP contribution is -2.45. The van der Waals surface area contributed by atoms with Gasteiger partial charge in [0.25, 0.3) is 0 Å². The molecule has 1 spiro atoms. The van der Waals surface area contributed by atoms with Crippen LogP contribution >= 0.6 is 11.6 Å². The van der Waals surface area contributed by atoms with Gasteiger partial charge in [0.05, 0.1) is 24.0 Å². The van der Waals surface area contributed by atoms with Crippen LogP contribution in [0.4, 0.5) is 4.79 Å². The Morgan fingerprint density at radius 3 is 2.71 bits per heavy atom. The van der Waals surface area contributed by atoms with Gasteiger partial charge >= 0.3 is 6.09 Å². The highest BCUT2D eigenvalue weighted by Crippen LogP contribution is 2.51. The van der Waals surface area contributed by atoms with Gasteiger partial charge in [-0.25, -0.2) is 14.3 Å². The van der Waals surface area contributed by atoms with Crippen molar-refractivity contribution in [3.05, 3.63) is 28.7 Å². The molecule has 0 saturated heterocycles. The first-order valence-electron chi connectivity index (χ1n) is 8.35. The van der Waals surface area contributed by atoms with Crippen LogP contribution in [0, 0.1) is 0 Å². The fourth-order valence-electron chi connectivity index (χ4n) is 3.93. The van der Waals surface area contributed by atoms with Gasteiger partial charge in [0.2, 0.25) is 0 Å². The molecule has 0 bridgehead atoms. The minimum atomic E-state index is -0.530. The van der Waals surface area contributed by atoms with Crippen LogP contribution in [0.15, 0.2) is 12.3 Å². The first kappa shape index (κ1) is 15.7. The molecule has 3 heterocycles. The van der Waals surface area contributed by atoms with E-state index in [1.165, 1.54) is 0 Å². The van der Waals surface area contributed by atoms with Crippen molar-refractivity contribution in [2.24, 2.45) is 0 Å². The molecule has 4 rings (SSSR count). The second kappa shape index (κ2) is 5.09. The fraction of sp³-hybridized carbons (Fsp3) is 0.588. The quantitative estimate of drug-likeness (QED) is 0.677. The molecule has 24 heavy (non-hydrogen) atoms. The predicted octanol–water partition coefficient (Wildman–Crippen LogP) is 3.90. The van der Waals surface area contributed by atoms with E-state index in [1.54, 1.807) is 10.7 Å². The zero-order chi connectivity index (χ0) is 17.1. The summed E-state index contributed by atoms with van der Waals surface area (Å²) in [5, 5.41) is 4.77. The molecular weight excluding hydrogens is 328 g/mol. The second-order valence-electron chi connectivity index (χ2n) is 7.64. The summed E-state index contributed by atoms with van der Waals surface area (Å²) in [6, 6.07) is 1.84. The smallest absolute Gasteiger partial charge is 0.411 e. The molecule has 1 saturated carbocycles. The van der Waals surface area contributed by atoms with E-state index in [4.69, 9.17) is 21.3 Å². The summed E-state index contributed by atoms with van der Waals surface area (Å²) in [7, 11) is 0. The Kier molecular flexibility index (Phi) is 3.33. The molecule has 1 amide bonds.